The van der Waals surface area contributed by atoms with Gasteiger partial charge in [-0.2, -0.15) is 0 Å². The number of fused-ring (bicyclic) bond motifs is 1. The van der Waals surface area contributed by atoms with Crippen LogP contribution in [0.1, 0.15) is 25.3 Å². The van der Waals surface area contributed by atoms with Crippen LogP contribution in [0.2, 0.25) is 0 Å². The summed E-state index contributed by atoms with van der Waals surface area (Å²) < 4.78 is 7.05. The SMILES string of the molecule is CCCN1C(=O)C(=Cc2c(NCCCOC)nc3ccccn3c2=O)SC1=S. The summed E-state index contributed by atoms with van der Waals surface area (Å²) in [6.07, 6.45) is 4.85. The molecule has 1 amide bonds. The van der Waals surface area contributed by atoms with Gasteiger partial charge in [0.15, 0.2) is 0 Å². The van der Waals surface area contributed by atoms with Gasteiger partial charge in [0.2, 0.25) is 0 Å². The zero-order valence-corrected chi connectivity index (χ0v) is 17.4. The molecule has 0 bridgehead atoms. The Kier molecular flexibility index (Phi) is 6.82. The van der Waals surface area contributed by atoms with Crippen molar-refractivity contribution in [1.82, 2.24) is 14.3 Å². The first-order chi connectivity index (χ1) is 13.6. The van der Waals surface area contributed by atoms with Gasteiger partial charge in [-0.1, -0.05) is 37.0 Å². The normalized spacial score (nSPS) is 15.8. The first-order valence-corrected chi connectivity index (χ1v) is 10.3. The van der Waals surface area contributed by atoms with E-state index in [1.807, 2.05) is 13.0 Å². The minimum atomic E-state index is -0.236. The van der Waals surface area contributed by atoms with E-state index in [1.54, 1.807) is 36.4 Å². The molecule has 3 rings (SSSR count). The molecule has 9 heteroatoms. The number of thioether (sulfide) groups is 1. The van der Waals surface area contributed by atoms with Crippen molar-refractivity contribution in [2.24, 2.45) is 0 Å². The van der Waals surface area contributed by atoms with Crippen molar-refractivity contribution in [3.63, 3.8) is 0 Å². The lowest BCUT2D eigenvalue weighted by Crippen LogP contribution is -2.28. The summed E-state index contributed by atoms with van der Waals surface area (Å²) in [5.41, 5.74) is 0.649. The zero-order chi connectivity index (χ0) is 20.1. The number of pyridine rings is 1. The number of carbonyl (C=O) groups excluding carboxylic acids is 1. The second-order valence-corrected chi connectivity index (χ2v) is 7.89. The third kappa shape index (κ3) is 4.26. The van der Waals surface area contributed by atoms with Crippen molar-refractivity contribution in [1.29, 1.82) is 0 Å². The van der Waals surface area contributed by atoms with Crippen LogP contribution in [0.4, 0.5) is 5.82 Å². The van der Waals surface area contributed by atoms with E-state index in [0.717, 1.165) is 12.8 Å². The number of carbonyl (C=O) groups is 1. The first-order valence-electron chi connectivity index (χ1n) is 9.06. The highest BCUT2D eigenvalue weighted by Crippen LogP contribution is 2.33. The topological polar surface area (TPSA) is 75.9 Å². The van der Waals surface area contributed by atoms with E-state index in [1.165, 1.54) is 16.2 Å². The molecule has 1 aliphatic rings. The maximum absolute atomic E-state index is 13.1. The Hall–Kier alpha value is -2.23. The molecular weight excluding hydrogens is 396 g/mol. The van der Waals surface area contributed by atoms with Gasteiger partial charge in [-0.05, 0) is 31.1 Å². The second kappa shape index (κ2) is 9.31. The fourth-order valence-electron chi connectivity index (χ4n) is 2.84. The van der Waals surface area contributed by atoms with Gasteiger partial charge >= 0.3 is 0 Å². The summed E-state index contributed by atoms with van der Waals surface area (Å²) in [5, 5.41) is 3.20. The van der Waals surface area contributed by atoms with Crippen molar-refractivity contribution in [2.45, 2.75) is 19.8 Å². The predicted octanol–water partition coefficient (Wildman–Crippen LogP) is 2.75. The number of hydrogen-bond donors (Lipinski definition) is 1. The van der Waals surface area contributed by atoms with E-state index in [2.05, 4.69) is 10.3 Å². The Labute approximate surface area is 172 Å². The lowest BCUT2D eigenvalue weighted by molar-refractivity contribution is -0.122. The molecule has 3 heterocycles. The highest BCUT2D eigenvalue weighted by Gasteiger charge is 2.31. The average molecular weight is 419 g/mol. The van der Waals surface area contributed by atoms with Crippen molar-refractivity contribution >= 4 is 51.7 Å². The van der Waals surface area contributed by atoms with Gasteiger partial charge in [0.1, 0.15) is 15.8 Å². The maximum Gasteiger partial charge on any atom is 0.267 e. The van der Waals surface area contributed by atoms with Gasteiger partial charge < -0.3 is 10.1 Å². The van der Waals surface area contributed by atoms with Crippen LogP contribution >= 0.6 is 24.0 Å². The van der Waals surface area contributed by atoms with E-state index < -0.39 is 0 Å². The molecule has 7 nitrogen and oxygen atoms in total. The van der Waals surface area contributed by atoms with Gasteiger partial charge in [0.25, 0.3) is 11.5 Å². The minimum Gasteiger partial charge on any atom is -0.385 e. The summed E-state index contributed by atoms with van der Waals surface area (Å²) in [4.78, 5) is 32.3. The quantitative estimate of drug-likeness (QED) is 0.401. The van der Waals surface area contributed by atoms with E-state index in [4.69, 9.17) is 17.0 Å². The molecule has 1 N–H and O–H groups in total. The number of nitrogens with one attached hydrogen (secondary N) is 1. The Morgan fingerprint density at radius 3 is 2.93 bits per heavy atom. The molecular formula is C19H22N4O3S2. The van der Waals surface area contributed by atoms with Crippen molar-refractivity contribution in [3.05, 3.63) is 45.2 Å². The number of hydrogen-bond acceptors (Lipinski definition) is 7. The summed E-state index contributed by atoms with van der Waals surface area (Å²) in [7, 11) is 1.64. The number of amides is 1. The van der Waals surface area contributed by atoms with Crippen molar-refractivity contribution < 1.29 is 9.53 Å². The Morgan fingerprint density at radius 2 is 2.18 bits per heavy atom. The van der Waals surface area contributed by atoms with E-state index in [-0.39, 0.29) is 11.5 Å². The van der Waals surface area contributed by atoms with Crippen LogP contribution < -0.4 is 10.9 Å². The van der Waals surface area contributed by atoms with Crippen molar-refractivity contribution in [2.75, 3.05) is 32.1 Å². The molecule has 0 unspecified atom stereocenters. The number of anilines is 1. The molecule has 1 aliphatic heterocycles. The molecule has 0 spiro atoms. The van der Waals surface area contributed by atoms with Gasteiger partial charge in [-0.25, -0.2) is 4.98 Å². The molecule has 1 saturated heterocycles. The van der Waals surface area contributed by atoms with Crippen LogP contribution in [0.25, 0.3) is 11.7 Å². The van der Waals surface area contributed by atoms with E-state index in [0.29, 0.717) is 46.0 Å². The lowest BCUT2D eigenvalue weighted by atomic mass is 10.2. The Morgan fingerprint density at radius 1 is 1.36 bits per heavy atom. The lowest BCUT2D eigenvalue weighted by Gasteiger charge is -2.12. The number of methoxy groups -OCH3 is 1. The molecule has 2 aromatic heterocycles. The fraction of sp³-hybridized carbons (Fsp3) is 0.368. The molecule has 0 aliphatic carbocycles. The molecule has 28 heavy (non-hydrogen) atoms. The molecule has 148 valence electrons. The largest absolute Gasteiger partial charge is 0.385 e. The molecule has 0 aromatic carbocycles. The second-order valence-electron chi connectivity index (χ2n) is 6.21. The number of thiocarbonyl (C=S) groups is 1. The highest BCUT2D eigenvalue weighted by atomic mass is 32.2. The van der Waals surface area contributed by atoms with Gasteiger partial charge in [0, 0.05) is 33.0 Å². The summed E-state index contributed by atoms with van der Waals surface area (Å²) in [5.74, 6) is 0.285. The number of nitrogens with zero attached hydrogens (tertiary/aromatic N) is 3. The molecule has 0 radical (unpaired) electrons. The van der Waals surface area contributed by atoms with Gasteiger partial charge in [0.05, 0.1) is 10.5 Å². The molecule has 0 atom stereocenters. The van der Waals surface area contributed by atoms with Gasteiger partial charge in [-0.15, -0.1) is 0 Å². The number of ether oxygens (including phenoxy) is 1. The van der Waals surface area contributed by atoms with Crippen LogP contribution in [0, 0.1) is 0 Å². The van der Waals surface area contributed by atoms with Crippen LogP contribution in [0.5, 0.6) is 0 Å². The average Bonchev–Trinajstić information content (AvgIpc) is 2.96. The fourth-order valence-corrected chi connectivity index (χ4v) is 4.13. The van der Waals surface area contributed by atoms with Crippen LogP contribution in [0.15, 0.2) is 34.1 Å². The molecule has 1 fully saturated rings. The third-order valence-corrected chi connectivity index (χ3v) is 5.56. The third-order valence-electron chi connectivity index (χ3n) is 4.18. The zero-order valence-electron chi connectivity index (χ0n) is 15.8. The first kappa shape index (κ1) is 20.5. The summed E-state index contributed by atoms with van der Waals surface area (Å²) in [6, 6.07) is 5.37. The van der Waals surface area contributed by atoms with Crippen LogP contribution in [-0.2, 0) is 9.53 Å². The Bertz CT molecular complexity index is 987. The molecule has 0 saturated carbocycles. The summed E-state index contributed by atoms with van der Waals surface area (Å²) >= 11 is 6.53. The van der Waals surface area contributed by atoms with Gasteiger partial charge in [-0.3, -0.25) is 18.9 Å². The van der Waals surface area contributed by atoms with E-state index >= 15 is 0 Å². The van der Waals surface area contributed by atoms with Crippen molar-refractivity contribution in [3.8, 4) is 0 Å². The predicted molar refractivity (Wildman–Crippen MR) is 117 cm³/mol. The summed E-state index contributed by atoms with van der Waals surface area (Å²) in [6.45, 7) is 3.76. The number of rotatable bonds is 8. The maximum atomic E-state index is 13.1. The standard InChI is InChI=1S/C19H22N4O3S2/c1-3-9-23-18(25)14(28-19(23)27)12-13-16(20-8-6-11-26-2)21-15-7-4-5-10-22(15)17(13)24/h4-5,7,10,12,20H,3,6,8-9,11H2,1-2H3. The highest BCUT2D eigenvalue weighted by molar-refractivity contribution is 8.26. The van der Waals surface area contributed by atoms with E-state index in [9.17, 15) is 9.59 Å². The monoisotopic (exact) mass is 418 g/mol. The molecule has 2 aromatic rings. The van der Waals surface area contributed by atoms with Crippen LogP contribution in [0.3, 0.4) is 0 Å². The van der Waals surface area contributed by atoms with Crippen LogP contribution in [-0.4, -0.2) is 51.3 Å². The number of aromatic nitrogens is 2. The minimum absolute atomic E-state index is 0.167. The smallest absolute Gasteiger partial charge is 0.267 e. The Balaban J connectivity index is 2.03.